The summed E-state index contributed by atoms with van der Waals surface area (Å²) in [6, 6.07) is 9.72. The van der Waals surface area contributed by atoms with Gasteiger partial charge in [-0.2, -0.15) is 0 Å². The maximum absolute atomic E-state index is 9.73. The number of anilines is 1. The first-order valence-electron chi connectivity index (χ1n) is 10.7. The number of phenols is 1. The minimum absolute atomic E-state index is 0.132. The highest BCUT2D eigenvalue weighted by atomic mass is 16.3. The Morgan fingerprint density at radius 1 is 1.28 bits per heavy atom. The molecule has 1 aromatic carbocycles. The zero-order valence-corrected chi connectivity index (χ0v) is 17.8. The quantitative estimate of drug-likeness (QED) is 0.286. The average Bonchev–Trinajstić information content (AvgIpc) is 3.54. The van der Waals surface area contributed by atoms with Crippen LogP contribution in [0.2, 0.25) is 0 Å². The summed E-state index contributed by atoms with van der Waals surface area (Å²) in [4.78, 5) is 4.65. The van der Waals surface area contributed by atoms with E-state index in [0.29, 0.717) is 5.69 Å². The highest BCUT2D eigenvalue weighted by molar-refractivity contribution is 5.70. The van der Waals surface area contributed by atoms with Crippen molar-refractivity contribution in [1.29, 1.82) is 0 Å². The summed E-state index contributed by atoms with van der Waals surface area (Å²) in [7, 11) is 0. The lowest BCUT2D eigenvalue weighted by Gasteiger charge is -2.22. The van der Waals surface area contributed by atoms with Crippen LogP contribution in [0, 0.1) is 6.92 Å². The molecule has 1 fully saturated rings. The number of nitrogen functional groups attached to an aromatic ring is 1. The molecule has 1 unspecified atom stereocenters. The maximum atomic E-state index is 9.73. The molecule has 0 spiro atoms. The van der Waals surface area contributed by atoms with Crippen molar-refractivity contribution in [3.8, 4) is 5.75 Å². The molecule has 0 radical (unpaired) electrons. The standard InChI is InChI=1S/C25H33N3O/c1-4-5-6-9-21(15-19-10-13-23(29)22(26)16-19)18(3)28-25(20-11-12-20)24-17(2)8-7-14-27-24/h7-8,10,13-16,18,28-29H,4-6,9,11-12,26H2,1-3H3/b21-15+. The van der Waals surface area contributed by atoms with Crippen molar-refractivity contribution in [2.75, 3.05) is 5.73 Å². The van der Waals surface area contributed by atoms with Gasteiger partial charge in [0.25, 0.3) is 0 Å². The molecule has 154 valence electrons. The second-order valence-corrected chi connectivity index (χ2v) is 8.01. The van der Waals surface area contributed by atoms with Crippen LogP contribution in [0.3, 0.4) is 0 Å². The summed E-state index contributed by atoms with van der Waals surface area (Å²) in [6.07, 6.45) is 11.0. The van der Waals surface area contributed by atoms with Crippen LogP contribution >= 0.6 is 0 Å². The van der Waals surface area contributed by atoms with E-state index in [1.165, 1.54) is 35.2 Å². The Balaban J connectivity index is 1.86. The first-order chi connectivity index (χ1) is 14.0. The van der Waals surface area contributed by atoms with E-state index in [-0.39, 0.29) is 11.8 Å². The van der Waals surface area contributed by atoms with Gasteiger partial charge in [-0.1, -0.05) is 38.0 Å². The summed E-state index contributed by atoms with van der Waals surface area (Å²) in [5, 5.41) is 13.5. The number of hydrogen-bond donors (Lipinski definition) is 3. The molecule has 3 rings (SSSR count). The molecule has 1 aromatic heterocycles. The van der Waals surface area contributed by atoms with E-state index in [9.17, 15) is 5.11 Å². The Morgan fingerprint density at radius 2 is 2.07 bits per heavy atom. The molecular weight excluding hydrogens is 358 g/mol. The highest BCUT2D eigenvalue weighted by Crippen LogP contribution is 2.36. The van der Waals surface area contributed by atoms with Crippen LogP contribution in [-0.4, -0.2) is 16.1 Å². The third-order valence-corrected chi connectivity index (χ3v) is 5.49. The van der Waals surface area contributed by atoms with E-state index < -0.39 is 0 Å². The number of aromatic hydroxyl groups is 1. The maximum Gasteiger partial charge on any atom is 0.138 e. The van der Waals surface area contributed by atoms with E-state index in [2.05, 4.69) is 43.2 Å². The minimum atomic E-state index is 0.132. The number of phenolic OH excluding ortho intramolecular Hbond substituents is 1. The van der Waals surface area contributed by atoms with Gasteiger partial charge in [-0.15, -0.1) is 0 Å². The number of unbranched alkanes of at least 4 members (excludes halogenated alkanes) is 2. The molecule has 1 aliphatic carbocycles. The Morgan fingerprint density at radius 3 is 2.72 bits per heavy atom. The summed E-state index contributed by atoms with van der Waals surface area (Å²) in [5.74, 6) is 0.132. The molecule has 0 amide bonds. The normalized spacial score (nSPS) is 14.6. The Labute approximate surface area is 174 Å². The van der Waals surface area contributed by atoms with Crippen molar-refractivity contribution in [2.45, 2.75) is 65.3 Å². The number of aryl methyl sites for hydroxylation is 1. The lowest BCUT2D eigenvalue weighted by atomic mass is 9.97. The fourth-order valence-corrected chi connectivity index (χ4v) is 3.58. The second kappa shape index (κ2) is 9.64. The fraction of sp³-hybridized carbons (Fsp3) is 0.400. The average molecular weight is 392 g/mol. The SMILES string of the molecule is CCCCC/C(=C\c1ccc(O)c(N)c1)C(C)NC(=C1CC1)c1ncccc1C. The van der Waals surface area contributed by atoms with Crippen LogP contribution in [0.4, 0.5) is 5.69 Å². The summed E-state index contributed by atoms with van der Waals surface area (Å²) < 4.78 is 0. The number of pyridine rings is 1. The monoisotopic (exact) mass is 391 g/mol. The largest absolute Gasteiger partial charge is 0.506 e. The van der Waals surface area contributed by atoms with Crippen molar-refractivity contribution in [3.05, 3.63) is 64.5 Å². The van der Waals surface area contributed by atoms with Crippen molar-refractivity contribution in [2.24, 2.45) is 0 Å². The first-order valence-corrected chi connectivity index (χ1v) is 10.7. The van der Waals surface area contributed by atoms with Crippen LogP contribution in [0.15, 0.2) is 47.7 Å². The van der Waals surface area contributed by atoms with E-state index >= 15 is 0 Å². The van der Waals surface area contributed by atoms with Crippen LogP contribution in [-0.2, 0) is 0 Å². The zero-order valence-electron chi connectivity index (χ0n) is 17.8. The third-order valence-electron chi connectivity index (χ3n) is 5.49. The molecule has 1 saturated carbocycles. The van der Waals surface area contributed by atoms with Gasteiger partial charge < -0.3 is 16.2 Å². The number of rotatable bonds is 9. The van der Waals surface area contributed by atoms with Gasteiger partial charge in [-0.25, -0.2) is 0 Å². The van der Waals surface area contributed by atoms with E-state index in [0.717, 1.165) is 36.9 Å². The topological polar surface area (TPSA) is 71.2 Å². The molecule has 1 aliphatic rings. The summed E-state index contributed by atoms with van der Waals surface area (Å²) in [5.41, 5.74) is 13.6. The molecule has 1 atom stereocenters. The Kier molecular flexibility index (Phi) is 6.97. The lowest BCUT2D eigenvalue weighted by molar-refractivity contribution is 0.478. The van der Waals surface area contributed by atoms with Crippen LogP contribution in [0.5, 0.6) is 5.75 Å². The van der Waals surface area contributed by atoms with Gasteiger partial charge in [0.2, 0.25) is 0 Å². The number of nitrogens with one attached hydrogen (secondary N) is 1. The molecule has 0 aliphatic heterocycles. The molecule has 4 nitrogen and oxygen atoms in total. The number of benzene rings is 1. The van der Waals surface area contributed by atoms with Crippen molar-refractivity contribution >= 4 is 17.5 Å². The van der Waals surface area contributed by atoms with Gasteiger partial charge >= 0.3 is 0 Å². The Hall–Kier alpha value is -2.75. The van der Waals surface area contributed by atoms with E-state index in [1.54, 1.807) is 6.07 Å². The molecular formula is C25H33N3O. The molecule has 29 heavy (non-hydrogen) atoms. The molecule has 0 bridgehead atoms. The zero-order chi connectivity index (χ0) is 20.8. The van der Waals surface area contributed by atoms with Crippen LogP contribution in [0.25, 0.3) is 11.8 Å². The molecule has 0 saturated heterocycles. The minimum Gasteiger partial charge on any atom is -0.506 e. The van der Waals surface area contributed by atoms with Gasteiger partial charge in [0.05, 0.1) is 17.1 Å². The lowest BCUT2D eigenvalue weighted by Crippen LogP contribution is -2.27. The van der Waals surface area contributed by atoms with Gasteiger partial charge in [-0.3, -0.25) is 4.98 Å². The van der Waals surface area contributed by atoms with E-state index in [4.69, 9.17) is 5.73 Å². The van der Waals surface area contributed by atoms with Crippen LogP contribution in [0.1, 0.15) is 69.2 Å². The smallest absolute Gasteiger partial charge is 0.138 e. The van der Waals surface area contributed by atoms with Gasteiger partial charge in [0.15, 0.2) is 0 Å². The summed E-state index contributed by atoms with van der Waals surface area (Å²) >= 11 is 0. The second-order valence-electron chi connectivity index (χ2n) is 8.01. The highest BCUT2D eigenvalue weighted by Gasteiger charge is 2.23. The number of aromatic nitrogens is 1. The van der Waals surface area contributed by atoms with Gasteiger partial charge in [0.1, 0.15) is 5.75 Å². The predicted molar refractivity (Wildman–Crippen MR) is 122 cm³/mol. The van der Waals surface area contributed by atoms with Gasteiger partial charge in [0, 0.05) is 12.2 Å². The number of nitrogens with two attached hydrogens (primary N) is 1. The van der Waals surface area contributed by atoms with Crippen LogP contribution < -0.4 is 11.1 Å². The molecule has 4 heteroatoms. The molecule has 4 N–H and O–H groups in total. The molecule has 1 heterocycles. The van der Waals surface area contributed by atoms with Crippen molar-refractivity contribution in [1.82, 2.24) is 10.3 Å². The third kappa shape index (κ3) is 5.63. The number of nitrogens with zero attached hydrogens (tertiary/aromatic N) is 1. The summed E-state index contributed by atoms with van der Waals surface area (Å²) in [6.45, 7) is 6.57. The van der Waals surface area contributed by atoms with Gasteiger partial charge in [-0.05, 0) is 80.0 Å². The Bertz CT molecular complexity index is 908. The van der Waals surface area contributed by atoms with E-state index in [1.807, 2.05) is 24.4 Å². The molecule has 2 aromatic rings. The first kappa shape index (κ1) is 21.0. The fourth-order valence-electron chi connectivity index (χ4n) is 3.58. The number of hydrogen-bond acceptors (Lipinski definition) is 4. The predicted octanol–water partition coefficient (Wildman–Crippen LogP) is 5.82. The number of allylic oxidation sites excluding steroid dienone is 1. The van der Waals surface area contributed by atoms with Crippen molar-refractivity contribution in [3.63, 3.8) is 0 Å². The van der Waals surface area contributed by atoms with Crippen molar-refractivity contribution < 1.29 is 5.11 Å².